The van der Waals surface area contributed by atoms with Gasteiger partial charge in [0.1, 0.15) is 0 Å². The Morgan fingerprint density at radius 1 is 1.75 bits per heavy atom. The number of aliphatic hydroxyl groups excluding tert-OH is 1. The van der Waals surface area contributed by atoms with Crippen molar-refractivity contribution >= 4 is 5.96 Å². The van der Waals surface area contributed by atoms with Gasteiger partial charge in [-0.25, -0.2) is 0 Å². The summed E-state index contributed by atoms with van der Waals surface area (Å²) < 4.78 is 4.75. The van der Waals surface area contributed by atoms with Gasteiger partial charge >= 0.3 is 0 Å². The monoisotopic (exact) mass is 175 g/mol. The second kappa shape index (κ2) is 6.87. The van der Waals surface area contributed by atoms with Crippen LogP contribution in [0.25, 0.3) is 0 Å². The van der Waals surface area contributed by atoms with E-state index in [4.69, 9.17) is 10.5 Å². The van der Waals surface area contributed by atoms with Crippen molar-refractivity contribution in [3.8, 4) is 0 Å². The van der Waals surface area contributed by atoms with E-state index < -0.39 is 6.10 Å². The highest BCUT2D eigenvalue weighted by Crippen LogP contribution is 1.89. The number of nitrogens with one attached hydrogen (secondary N) is 1. The molecule has 0 aliphatic carbocycles. The first-order chi connectivity index (χ1) is 5.70. The molecular formula is C7H17N3O2. The minimum atomic E-state index is -0.438. The Morgan fingerprint density at radius 2 is 2.42 bits per heavy atom. The first-order valence-electron chi connectivity index (χ1n) is 3.83. The molecule has 0 spiro atoms. The Hall–Kier alpha value is -0.810. The van der Waals surface area contributed by atoms with Crippen molar-refractivity contribution in [3.05, 3.63) is 0 Å². The number of nitrogens with two attached hydrogens (primary N) is 1. The molecule has 0 aliphatic heterocycles. The van der Waals surface area contributed by atoms with E-state index in [9.17, 15) is 5.11 Å². The van der Waals surface area contributed by atoms with E-state index in [1.165, 1.54) is 0 Å². The van der Waals surface area contributed by atoms with Crippen LogP contribution in [0.5, 0.6) is 0 Å². The molecule has 1 unspecified atom stereocenters. The van der Waals surface area contributed by atoms with E-state index in [1.54, 1.807) is 14.2 Å². The number of ether oxygens (including phenoxy) is 1. The molecule has 0 rings (SSSR count). The standard InChI is InChI=1S/C7H17N3O2/c1-9-7(8)10-4-3-6(11)5-12-2/h6,11H,3-5H2,1-2H3,(H3,8,9,10). The van der Waals surface area contributed by atoms with Gasteiger partial charge in [-0.2, -0.15) is 0 Å². The fourth-order valence-corrected chi connectivity index (χ4v) is 0.722. The van der Waals surface area contributed by atoms with Gasteiger partial charge in [-0.1, -0.05) is 0 Å². The zero-order valence-corrected chi connectivity index (χ0v) is 7.58. The average molecular weight is 175 g/mol. The predicted molar refractivity (Wildman–Crippen MR) is 48.0 cm³/mol. The Morgan fingerprint density at radius 3 is 2.92 bits per heavy atom. The second-order valence-electron chi connectivity index (χ2n) is 2.43. The minimum Gasteiger partial charge on any atom is -0.391 e. The molecule has 0 amide bonds. The third-order valence-electron chi connectivity index (χ3n) is 1.38. The second-order valence-corrected chi connectivity index (χ2v) is 2.43. The summed E-state index contributed by atoms with van der Waals surface area (Å²) in [4.78, 5) is 3.70. The van der Waals surface area contributed by atoms with E-state index in [-0.39, 0.29) is 0 Å². The van der Waals surface area contributed by atoms with Crippen LogP contribution in [0.3, 0.4) is 0 Å². The van der Waals surface area contributed by atoms with Crippen LogP contribution in [0, 0.1) is 0 Å². The van der Waals surface area contributed by atoms with Gasteiger partial charge in [-0.15, -0.1) is 0 Å². The van der Waals surface area contributed by atoms with E-state index in [2.05, 4.69) is 10.3 Å². The maximum Gasteiger partial charge on any atom is 0.188 e. The maximum absolute atomic E-state index is 9.19. The highest BCUT2D eigenvalue weighted by Gasteiger charge is 2.01. The lowest BCUT2D eigenvalue weighted by molar-refractivity contribution is 0.0602. The number of rotatable bonds is 5. The molecule has 0 heterocycles. The first kappa shape index (κ1) is 11.2. The van der Waals surface area contributed by atoms with Gasteiger partial charge in [0.2, 0.25) is 0 Å². The van der Waals surface area contributed by atoms with Gasteiger partial charge in [-0.05, 0) is 6.42 Å². The maximum atomic E-state index is 9.19. The van der Waals surface area contributed by atoms with Gasteiger partial charge < -0.3 is 20.9 Å². The van der Waals surface area contributed by atoms with Crippen molar-refractivity contribution < 1.29 is 9.84 Å². The smallest absolute Gasteiger partial charge is 0.188 e. The highest BCUT2D eigenvalue weighted by atomic mass is 16.5. The number of hydrogen-bond donors (Lipinski definition) is 3. The van der Waals surface area contributed by atoms with Crippen LogP contribution < -0.4 is 11.1 Å². The number of nitrogens with zero attached hydrogens (tertiary/aromatic N) is 1. The molecule has 0 radical (unpaired) electrons. The molecule has 0 aromatic heterocycles. The lowest BCUT2D eigenvalue weighted by Crippen LogP contribution is -2.34. The summed E-state index contributed by atoms with van der Waals surface area (Å²) in [6, 6.07) is 0. The quantitative estimate of drug-likeness (QED) is 0.367. The first-order valence-corrected chi connectivity index (χ1v) is 3.83. The van der Waals surface area contributed by atoms with Crippen LogP contribution in [0.15, 0.2) is 4.99 Å². The number of methoxy groups -OCH3 is 1. The summed E-state index contributed by atoms with van der Waals surface area (Å²) in [7, 11) is 3.16. The summed E-state index contributed by atoms with van der Waals surface area (Å²) in [6.07, 6.45) is 0.163. The summed E-state index contributed by atoms with van der Waals surface area (Å²) in [5.41, 5.74) is 5.36. The van der Waals surface area contributed by atoms with Crippen LogP contribution in [-0.4, -0.2) is 44.5 Å². The minimum absolute atomic E-state index is 0.352. The molecule has 1 atom stereocenters. The Labute approximate surface area is 72.6 Å². The molecule has 0 aromatic rings. The lowest BCUT2D eigenvalue weighted by Gasteiger charge is -2.09. The normalized spacial score (nSPS) is 14.4. The zero-order chi connectivity index (χ0) is 9.40. The van der Waals surface area contributed by atoms with Gasteiger partial charge in [-0.3, -0.25) is 4.99 Å². The molecule has 5 heteroatoms. The molecule has 0 saturated heterocycles. The largest absolute Gasteiger partial charge is 0.391 e. The fourth-order valence-electron chi connectivity index (χ4n) is 0.722. The Balaban J connectivity index is 3.30. The van der Waals surface area contributed by atoms with Gasteiger partial charge in [0.15, 0.2) is 5.96 Å². The molecular weight excluding hydrogens is 158 g/mol. The van der Waals surface area contributed by atoms with Crippen LogP contribution in [0.1, 0.15) is 6.42 Å². The summed E-state index contributed by atoms with van der Waals surface area (Å²) in [6.45, 7) is 0.957. The number of guanidine groups is 1. The Kier molecular flexibility index (Phi) is 6.41. The molecule has 0 bridgehead atoms. The summed E-state index contributed by atoms with van der Waals surface area (Å²) in [5, 5.41) is 12.0. The van der Waals surface area contributed by atoms with E-state index in [1.807, 2.05) is 0 Å². The van der Waals surface area contributed by atoms with Crippen LogP contribution in [0.4, 0.5) is 0 Å². The molecule has 72 valence electrons. The molecule has 12 heavy (non-hydrogen) atoms. The number of aliphatic imine (C=N–C) groups is 1. The molecule has 0 fully saturated rings. The van der Waals surface area contributed by atoms with Gasteiger partial charge in [0.05, 0.1) is 12.7 Å². The highest BCUT2D eigenvalue weighted by molar-refractivity contribution is 5.77. The molecule has 5 nitrogen and oxygen atoms in total. The van der Waals surface area contributed by atoms with E-state index in [0.29, 0.717) is 25.5 Å². The summed E-state index contributed by atoms with van der Waals surface area (Å²) in [5.74, 6) is 0.389. The van der Waals surface area contributed by atoms with Crippen LogP contribution in [-0.2, 0) is 4.74 Å². The van der Waals surface area contributed by atoms with Crippen molar-refractivity contribution in [1.29, 1.82) is 0 Å². The summed E-state index contributed by atoms with van der Waals surface area (Å²) >= 11 is 0. The van der Waals surface area contributed by atoms with E-state index >= 15 is 0 Å². The topological polar surface area (TPSA) is 79.9 Å². The SMILES string of the molecule is CN=C(N)NCCC(O)COC. The lowest BCUT2D eigenvalue weighted by atomic mass is 10.3. The zero-order valence-electron chi connectivity index (χ0n) is 7.58. The average Bonchev–Trinajstić information content (AvgIpc) is 2.04. The van der Waals surface area contributed by atoms with Crippen molar-refractivity contribution in [3.63, 3.8) is 0 Å². The van der Waals surface area contributed by atoms with Crippen molar-refractivity contribution in [2.24, 2.45) is 10.7 Å². The fraction of sp³-hybridized carbons (Fsp3) is 0.857. The van der Waals surface area contributed by atoms with Crippen molar-refractivity contribution in [1.82, 2.24) is 5.32 Å². The van der Waals surface area contributed by atoms with Gasteiger partial charge in [0, 0.05) is 20.7 Å². The third-order valence-corrected chi connectivity index (χ3v) is 1.38. The Bertz CT molecular complexity index is 139. The van der Waals surface area contributed by atoms with Crippen LogP contribution in [0.2, 0.25) is 0 Å². The third kappa shape index (κ3) is 5.94. The molecule has 0 saturated carbocycles. The molecule has 0 aromatic carbocycles. The molecule has 0 aliphatic rings. The van der Waals surface area contributed by atoms with Crippen molar-refractivity contribution in [2.75, 3.05) is 27.3 Å². The van der Waals surface area contributed by atoms with E-state index in [0.717, 1.165) is 0 Å². The van der Waals surface area contributed by atoms with Crippen molar-refractivity contribution in [2.45, 2.75) is 12.5 Å². The molecule has 4 N–H and O–H groups in total. The number of hydrogen-bond acceptors (Lipinski definition) is 3. The van der Waals surface area contributed by atoms with Crippen LogP contribution >= 0.6 is 0 Å². The predicted octanol–water partition coefficient (Wildman–Crippen LogP) is -1.08. The number of aliphatic hydroxyl groups is 1. The van der Waals surface area contributed by atoms with Gasteiger partial charge in [0.25, 0.3) is 0 Å².